The van der Waals surface area contributed by atoms with Crippen molar-refractivity contribution in [2.45, 2.75) is 32.4 Å². The molecule has 1 unspecified atom stereocenters. The average molecular weight is 354 g/mol. The zero-order chi connectivity index (χ0) is 13.7. The Morgan fingerprint density at radius 1 is 1.53 bits per heavy atom. The zero-order valence-electron chi connectivity index (χ0n) is 11.0. The molecule has 0 spiro atoms. The summed E-state index contributed by atoms with van der Waals surface area (Å²) in [4.78, 5) is 13.3. The van der Waals surface area contributed by atoms with Gasteiger partial charge in [-0.25, -0.2) is 4.39 Å². The van der Waals surface area contributed by atoms with Crippen LogP contribution in [0.15, 0.2) is 22.7 Å². The summed E-state index contributed by atoms with van der Waals surface area (Å²) in [6.45, 7) is 2.13. The van der Waals surface area contributed by atoms with E-state index in [4.69, 9.17) is 5.73 Å². The lowest BCUT2D eigenvalue weighted by Gasteiger charge is -2.18. The minimum atomic E-state index is -0.301. The maximum absolute atomic E-state index is 13.5. The van der Waals surface area contributed by atoms with Crippen LogP contribution in [0.3, 0.4) is 0 Å². The van der Waals surface area contributed by atoms with E-state index in [1.807, 2.05) is 6.92 Å². The van der Waals surface area contributed by atoms with Crippen LogP contribution in [0.4, 0.5) is 4.39 Å². The molecule has 3 nitrogen and oxygen atoms in total. The van der Waals surface area contributed by atoms with Crippen LogP contribution in [0.1, 0.15) is 25.3 Å². The fraction of sp³-hybridized carbons (Fsp3) is 0.462. The first-order chi connectivity index (χ1) is 8.40. The Labute approximate surface area is 127 Å². The Hall–Kier alpha value is -0.650. The molecule has 1 aromatic carbocycles. The molecular weight excluding hydrogens is 335 g/mol. The molecule has 0 saturated heterocycles. The summed E-state index contributed by atoms with van der Waals surface area (Å²) in [7, 11) is 1.67. The van der Waals surface area contributed by atoms with E-state index in [0.29, 0.717) is 18.4 Å². The van der Waals surface area contributed by atoms with Crippen LogP contribution in [0.25, 0.3) is 0 Å². The third-order valence-corrected chi connectivity index (χ3v) is 3.15. The zero-order valence-corrected chi connectivity index (χ0v) is 13.4. The minimum absolute atomic E-state index is 0. The number of nitrogens with two attached hydrogens (primary N) is 1. The van der Waals surface area contributed by atoms with E-state index < -0.39 is 0 Å². The number of nitrogens with zero attached hydrogens (tertiary/aromatic N) is 1. The van der Waals surface area contributed by atoms with Crippen molar-refractivity contribution in [2.75, 3.05) is 7.05 Å². The molecular formula is C13H19BrClFN2O. The molecule has 2 N–H and O–H groups in total. The normalized spacial score (nSPS) is 11.6. The van der Waals surface area contributed by atoms with E-state index in [9.17, 15) is 9.18 Å². The summed E-state index contributed by atoms with van der Waals surface area (Å²) in [5.41, 5.74) is 6.10. The highest BCUT2D eigenvalue weighted by Crippen LogP contribution is 2.17. The van der Waals surface area contributed by atoms with Gasteiger partial charge in [-0.3, -0.25) is 4.79 Å². The van der Waals surface area contributed by atoms with Crippen LogP contribution >= 0.6 is 28.3 Å². The quantitative estimate of drug-likeness (QED) is 0.884. The van der Waals surface area contributed by atoms with Gasteiger partial charge in [0.25, 0.3) is 0 Å². The van der Waals surface area contributed by atoms with Gasteiger partial charge in [-0.15, -0.1) is 12.4 Å². The SMILES string of the molecule is CC(N)CCC(=O)N(C)Cc1cc(Br)ccc1F.Cl. The van der Waals surface area contributed by atoms with Crippen LogP contribution < -0.4 is 5.73 Å². The first kappa shape index (κ1) is 18.4. The standard InChI is InChI=1S/C13H18BrFN2O.ClH/c1-9(16)3-6-13(18)17(2)8-10-7-11(14)4-5-12(10)15;/h4-5,7,9H,3,6,8,16H2,1-2H3;1H. The number of halogens is 3. The first-order valence-corrected chi connectivity index (χ1v) is 6.63. The van der Waals surface area contributed by atoms with Gasteiger partial charge >= 0.3 is 0 Å². The summed E-state index contributed by atoms with van der Waals surface area (Å²) < 4.78 is 14.3. The van der Waals surface area contributed by atoms with Gasteiger partial charge in [0.2, 0.25) is 5.91 Å². The Balaban J connectivity index is 0.00000324. The first-order valence-electron chi connectivity index (χ1n) is 5.83. The van der Waals surface area contributed by atoms with Gasteiger partial charge in [0.1, 0.15) is 5.82 Å². The second kappa shape index (κ2) is 8.51. The molecule has 0 bridgehead atoms. The van der Waals surface area contributed by atoms with Crippen molar-refractivity contribution in [2.24, 2.45) is 5.73 Å². The van der Waals surface area contributed by atoms with Gasteiger partial charge in [-0.05, 0) is 31.5 Å². The molecule has 0 aliphatic carbocycles. The third-order valence-electron chi connectivity index (χ3n) is 2.65. The van der Waals surface area contributed by atoms with Crippen LogP contribution in [0.5, 0.6) is 0 Å². The third kappa shape index (κ3) is 6.36. The number of carbonyl (C=O) groups excluding carboxylic acids is 1. The van der Waals surface area contributed by atoms with Crippen molar-refractivity contribution in [3.8, 4) is 0 Å². The van der Waals surface area contributed by atoms with Crippen LogP contribution in [-0.4, -0.2) is 23.9 Å². The summed E-state index contributed by atoms with van der Waals surface area (Å²) in [5, 5.41) is 0. The van der Waals surface area contributed by atoms with Crippen molar-refractivity contribution in [3.63, 3.8) is 0 Å². The van der Waals surface area contributed by atoms with Crippen molar-refractivity contribution < 1.29 is 9.18 Å². The fourth-order valence-electron chi connectivity index (χ4n) is 1.55. The van der Waals surface area contributed by atoms with E-state index in [1.54, 1.807) is 19.2 Å². The molecule has 0 aromatic heterocycles. The predicted octanol–water partition coefficient (Wildman–Crippen LogP) is 3.10. The number of hydrogen-bond donors (Lipinski definition) is 1. The smallest absolute Gasteiger partial charge is 0.222 e. The Morgan fingerprint density at radius 3 is 2.74 bits per heavy atom. The Kier molecular flexibility index (Phi) is 8.22. The molecule has 1 amide bonds. The highest BCUT2D eigenvalue weighted by molar-refractivity contribution is 9.10. The van der Waals surface area contributed by atoms with E-state index in [2.05, 4.69) is 15.9 Å². The lowest BCUT2D eigenvalue weighted by Crippen LogP contribution is -2.28. The Bertz CT molecular complexity index is 429. The van der Waals surface area contributed by atoms with Crippen LogP contribution in [-0.2, 0) is 11.3 Å². The molecule has 0 aliphatic heterocycles. The molecule has 1 rings (SSSR count). The number of carbonyl (C=O) groups is 1. The van der Waals surface area contributed by atoms with Crippen molar-refractivity contribution in [3.05, 3.63) is 34.1 Å². The van der Waals surface area contributed by atoms with Gasteiger partial charge in [-0.2, -0.15) is 0 Å². The second-order valence-corrected chi connectivity index (χ2v) is 5.42. The van der Waals surface area contributed by atoms with Crippen LogP contribution in [0, 0.1) is 5.82 Å². The molecule has 19 heavy (non-hydrogen) atoms. The number of benzene rings is 1. The van der Waals surface area contributed by atoms with Crippen molar-refractivity contribution in [1.82, 2.24) is 4.90 Å². The molecule has 1 atom stereocenters. The van der Waals surface area contributed by atoms with Gasteiger partial charge < -0.3 is 10.6 Å². The maximum Gasteiger partial charge on any atom is 0.222 e. The van der Waals surface area contributed by atoms with E-state index in [0.717, 1.165) is 4.47 Å². The molecule has 0 radical (unpaired) electrons. The van der Waals surface area contributed by atoms with E-state index in [1.165, 1.54) is 11.0 Å². The highest BCUT2D eigenvalue weighted by atomic mass is 79.9. The number of hydrogen-bond acceptors (Lipinski definition) is 2. The minimum Gasteiger partial charge on any atom is -0.341 e. The topological polar surface area (TPSA) is 46.3 Å². The highest BCUT2D eigenvalue weighted by Gasteiger charge is 2.12. The van der Waals surface area contributed by atoms with Crippen LogP contribution in [0.2, 0.25) is 0 Å². The monoisotopic (exact) mass is 352 g/mol. The van der Waals surface area contributed by atoms with Gasteiger partial charge in [0, 0.05) is 36.1 Å². The summed E-state index contributed by atoms with van der Waals surface area (Å²) >= 11 is 3.29. The molecule has 0 heterocycles. The summed E-state index contributed by atoms with van der Waals surface area (Å²) in [5.74, 6) is -0.322. The predicted molar refractivity (Wildman–Crippen MR) is 80.7 cm³/mol. The maximum atomic E-state index is 13.5. The second-order valence-electron chi connectivity index (χ2n) is 4.50. The van der Waals surface area contributed by atoms with Crippen molar-refractivity contribution in [1.29, 1.82) is 0 Å². The largest absolute Gasteiger partial charge is 0.341 e. The molecule has 0 aliphatic rings. The number of rotatable bonds is 5. The van der Waals surface area contributed by atoms with E-state index >= 15 is 0 Å². The van der Waals surface area contributed by atoms with Crippen molar-refractivity contribution >= 4 is 34.2 Å². The van der Waals surface area contributed by atoms with Gasteiger partial charge in [0.15, 0.2) is 0 Å². The molecule has 108 valence electrons. The number of amides is 1. The molecule has 0 saturated carbocycles. The Morgan fingerprint density at radius 2 is 2.16 bits per heavy atom. The summed E-state index contributed by atoms with van der Waals surface area (Å²) in [6, 6.07) is 4.71. The average Bonchev–Trinajstić information content (AvgIpc) is 2.30. The van der Waals surface area contributed by atoms with Gasteiger partial charge in [0.05, 0.1) is 0 Å². The fourth-order valence-corrected chi connectivity index (χ4v) is 1.96. The van der Waals surface area contributed by atoms with E-state index in [-0.39, 0.29) is 36.7 Å². The molecule has 6 heteroatoms. The molecule has 1 aromatic rings. The summed E-state index contributed by atoms with van der Waals surface area (Å²) in [6.07, 6.45) is 1.04. The lowest BCUT2D eigenvalue weighted by atomic mass is 10.1. The van der Waals surface area contributed by atoms with Gasteiger partial charge in [-0.1, -0.05) is 15.9 Å². The lowest BCUT2D eigenvalue weighted by molar-refractivity contribution is -0.130. The molecule has 0 fully saturated rings.